The number of rotatable bonds is 2. The van der Waals surface area contributed by atoms with E-state index in [1.54, 1.807) is 23.7 Å². The number of hydrogen-bond donors (Lipinski definition) is 0. The van der Waals surface area contributed by atoms with Crippen LogP contribution in [-0.4, -0.2) is 25.1 Å². The van der Waals surface area contributed by atoms with Crippen LogP contribution in [0.2, 0.25) is 10.0 Å². The lowest BCUT2D eigenvalue weighted by Crippen LogP contribution is -2.13. The third kappa shape index (κ3) is 3.50. The van der Waals surface area contributed by atoms with E-state index in [0.717, 1.165) is 11.0 Å². The first kappa shape index (κ1) is 18.1. The van der Waals surface area contributed by atoms with Crippen LogP contribution >= 0.6 is 34.5 Å². The van der Waals surface area contributed by atoms with Crippen LogP contribution in [0.4, 0.5) is 0 Å². The van der Waals surface area contributed by atoms with Gasteiger partial charge in [0.25, 0.3) is 5.91 Å². The molecule has 0 saturated carbocycles. The highest BCUT2D eigenvalue weighted by molar-refractivity contribution is 7.90. The molecule has 3 aromatic rings. The summed E-state index contributed by atoms with van der Waals surface area (Å²) in [4.78, 5) is 17.1. The maximum atomic E-state index is 12.4. The number of carbonyl (C=O) groups is 1. The minimum Gasteiger partial charge on any atom is -0.318 e. The van der Waals surface area contributed by atoms with Gasteiger partial charge >= 0.3 is 0 Å². The van der Waals surface area contributed by atoms with E-state index in [1.807, 2.05) is 0 Å². The van der Waals surface area contributed by atoms with Crippen LogP contribution in [0.1, 0.15) is 10.4 Å². The lowest BCUT2D eigenvalue weighted by molar-refractivity contribution is 0.0998. The molecule has 0 N–H and O–H groups in total. The van der Waals surface area contributed by atoms with Gasteiger partial charge in [-0.05, 0) is 36.4 Å². The van der Waals surface area contributed by atoms with E-state index < -0.39 is 15.7 Å². The number of fused-ring (bicyclic) bond motifs is 1. The van der Waals surface area contributed by atoms with E-state index in [9.17, 15) is 13.2 Å². The summed E-state index contributed by atoms with van der Waals surface area (Å²) in [6.07, 6.45) is 1.11. The molecule has 0 aliphatic heterocycles. The van der Waals surface area contributed by atoms with Gasteiger partial charge in [-0.1, -0.05) is 34.5 Å². The Morgan fingerprint density at radius 3 is 2.24 bits per heavy atom. The molecular weight excluding hydrogens is 403 g/mol. The molecule has 0 bridgehead atoms. The lowest BCUT2D eigenvalue weighted by Gasteiger charge is -2.00. The molecule has 2 aromatic carbocycles. The van der Waals surface area contributed by atoms with Crippen molar-refractivity contribution < 1.29 is 13.2 Å². The van der Waals surface area contributed by atoms with Crippen LogP contribution in [0.3, 0.4) is 0 Å². The van der Waals surface area contributed by atoms with Crippen LogP contribution < -0.4 is 4.80 Å². The largest absolute Gasteiger partial charge is 0.318 e. The number of benzene rings is 2. The van der Waals surface area contributed by atoms with Crippen molar-refractivity contribution in [2.45, 2.75) is 4.90 Å². The van der Waals surface area contributed by atoms with Crippen LogP contribution in [-0.2, 0) is 16.9 Å². The summed E-state index contributed by atoms with van der Waals surface area (Å²) >= 11 is 13.6. The first-order valence-corrected chi connectivity index (χ1v) is 10.5. The van der Waals surface area contributed by atoms with Gasteiger partial charge in [0.1, 0.15) is 0 Å². The number of aromatic nitrogens is 1. The van der Waals surface area contributed by atoms with Crippen molar-refractivity contribution in [3.63, 3.8) is 0 Å². The number of hydrogen-bond acceptors (Lipinski definition) is 4. The van der Waals surface area contributed by atoms with Crippen molar-refractivity contribution in [2.24, 2.45) is 12.0 Å². The van der Waals surface area contributed by atoms with E-state index in [1.165, 1.54) is 35.6 Å². The summed E-state index contributed by atoms with van der Waals surface area (Å²) in [6, 6.07) is 9.03. The molecule has 0 radical (unpaired) electrons. The van der Waals surface area contributed by atoms with Gasteiger partial charge in [0.2, 0.25) is 0 Å². The molecule has 0 atom stereocenters. The Labute approximate surface area is 158 Å². The summed E-state index contributed by atoms with van der Waals surface area (Å²) < 4.78 is 25.4. The molecule has 0 spiro atoms. The predicted molar refractivity (Wildman–Crippen MR) is 100 cm³/mol. The Kier molecular flexibility index (Phi) is 4.76. The predicted octanol–water partition coefficient (Wildman–Crippen LogP) is 3.69. The van der Waals surface area contributed by atoms with Crippen molar-refractivity contribution in [1.29, 1.82) is 0 Å². The van der Waals surface area contributed by atoms with Crippen molar-refractivity contribution in [1.82, 2.24) is 4.57 Å². The Balaban J connectivity index is 2.08. The molecular formula is C16H12Cl2N2O3S2. The number of amides is 1. The standard InChI is InChI=1S/C16H12Cl2N2O3S2/c1-20-13-11(17)7-8-12(18)14(13)24-16(20)19-15(21)9-3-5-10(6-4-9)25(2,22)23/h3-8H,1-2H3. The lowest BCUT2D eigenvalue weighted by atomic mass is 10.2. The third-order valence-corrected chi connectivity index (χ3v) is 6.60. The average molecular weight is 415 g/mol. The molecule has 0 aliphatic carbocycles. The monoisotopic (exact) mass is 414 g/mol. The summed E-state index contributed by atoms with van der Waals surface area (Å²) in [5.41, 5.74) is 1.00. The maximum absolute atomic E-state index is 12.4. The molecule has 0 fully saturated rings. The second kappa shape index (κ2) is 6.57. The minimum absolute atomic E-state index is 0.148. The van der Waals surface area contributed by atoms with Crippen molar-refractivity contribution in [3.8, 4) is 0 Å². The molecule has 1 heterocycles. The quantitative estimate of drug-likeness (QED) is 0.641. The molecule has 0 aliphatic rings. The molecule has 1 aromatic heterocycles. The van der Waals surface area contributed by atoms with Gasteiger partial charge in [-0.3, -0.25) is 4.79 Å². The number of halogens is 2. The SMILES string of the molecule is Cn1c(=NC(=O)c2ccc(S(C)(=O)=O)cc2)sc2c(Cl)ccc(Cl)c21. The fourth-order valence-corrected chi connectivity index (χ4v) is 4.57. The minimum atomic E-state index is -3.31. The number of aryl methyl sites for hydroxylation is 1. The van der Waals surface area contributed by atoms with Crippen molar-refractivity contribution >= 4 is 60.5 Å². The molecule has 1 amide bonds. The van der Waals surface area contributed by atoms with Gasteiger partial charge in [-0.25, -0.2) is 8.42 Å². The van der Waals surface area contributed by atoms with Crippen molar-refractivity contribution in [2.75, 3.05) is 6.26 Å². The van der Waals surface area contributed by atoms with Gasteiger partial charge in [-0.15, -0.1) is 0 Å². The van der Waals surface area contributed by atoms with Crippen LogP contribution in [0, 0.1) is 0 Å². The molecule has 25 heavy (non-hydrogen) atoms. The molecule has 9 heteroatoms. The summed E-state index contributed by atoms with van der Waals surface area (Å²) in [5.74, 6) is -0.477. The van der Waals surface area contributed by atoms with E-state index in [-0.39, 0.29) is 4.90 Å². The summed E-state index contributed by atoms with van der Waals surface area (Å²) in [5, 5.41) is 1.05. The highest BCUT2D eigenvalue weighted by Crippen LogP contribution is 2.31. The zero-order valence-corrected chi connectivity index (χ0v) is 16.3. The third-order valence-electron chi connectivity index (χ3n) is 3.58. The average Bonchev–Trinajstić information content (AvgIpc) is 2.88. The number of nitrogens with zero attached hydrogens (tertiary/aromatic N) is 2. The van der Waals surface area contributed by atoms with Crippen LogP contribution in [0.5, 0.6) is 0 Å². The van der Waals surface area contributed by atoms with Gasteiger partial charge in [-0.2, -0.15) is 4.99 Å². The van der Waals surface area contributed by atoms with E-state index >= 15 is 0 Å². The topological polar surface area (TPSA) is 68.5 Å². The zero-order chi connectivity index (χ0) is 18.4. The molecule has 130 valence electrons. The van der Waals surface area contributed by atoms with Gasteiger partial charge < -0.3 is 4.57 Å². The Hall–Kier alpha value is -1.67. The summed E-state index contributed by atoms with van der Waals surface area (Å²) in [6.45, 7) is 0. The smallest absolute Gasteiger partial charge is 0.279 e. The maximum Gasteiger partial charge on any atom is 0.279 e. The van der Waals surface area contributed by atoms with E-state index in [4.69, 9.17) is 23.2 Å². The van der Waals surface area contributed by atoms with E-state index in [0.29, 0.717) is 25.9 Å². The Morgan fingerprint density at radius 2 is 1.68 bits per heavy atom. The number of sulfone groups is 1. The Morgan fingerprint density at radius 1 is 1.08 bits per heavy atom. The highest BCUT2D eigenvalue weighted by atomic mass is 35.5. The Bertz CT molecular complexity index is 1160. The molecule has 3 rings (SSSR count). The number of thiazole rings is 1. The first-order chi connectivity index (χ1) is 11.7. The van der Waals surface area contributed by atoms with Crippen LogP contribution in [0.15, 0.2) is 46.3 Å². The highest BCUT2D eigenvalue weighted by Gasteiger charge is 2.13. The van der Waals surface area contributed by atoms with E-state index in [2.05, 4.69) is 4.99 Å². The zero-order valence-electron chi connectivity index (χ0n) is 13.2. The molecule has 5 nitrogen and oxygen atoms in total. The van der Waals surface area contributed by atoms with Gasteiger partial charge in [0.05, 0.1) is 25.2 Å². The number of carbonyl (C=O) groups excluding carboxylic acids is 1. The first-order valence-electron chi connectivity index (χ1n) is 7.01. The second-order valence-electron chi connectivity index (χ2n) is 5.36. The normalized spacial score (nSPS) is 12.7. The molecule has 0 unspecified atom stereocenters. The van der Waals surface area contributed by atoms with Crippen molar-refractivity contribution in [3.05, 3.63) is 56.8 Å². The van der Waals surface area contributed by atoms with Crippen LogP contribution in [0.25, 0.3) is 10.2 Å². The fourth-order valence-electron chi connectivity index (χ4n) is 2.28. The fraction of sp³-hybridized carbons (Fsp3) is 0.125. The van der Waals surface area contributed by atoms with Gasteiger partial charge in [0.15, 0.2) is 14.6 Å². The molecule has 0 saturated heterocycles. The van der Waals surface area contributed by atoms with Gasteiger partial charge in [0, 0.05) is 18.9 Å². The second-order valence-corrected chi connectivity index (χ2v) is 9.17. The summed E-state index contributed by atoms with van der Waals surface area (Å²) in [7, 11) is -1.56.